The van der Waals surface area contributed by atoms with Crippen molar-refractivity contribution in [3.05, 3.63) is 23.8 Å². The van der Waals surface area contributed by atoms with E-state index in [-0.39, 0.29) is 18.0 Å². The largest absolute Gasteiger partial charge is 0.385 e. The molecule has 0 radical (unpaired) electrons. The highest BCUT2D eigenvalue weighted by Gasteiger charge is 2.26. The number of likely N-dealkylation sites (tertiary alicyclic amines) is 1. The molecule has 0 bridgehead atoms. The van der Waals surface area contributed by atoms with E-state index in [0.717, 1.165) is 49.2 Å². The Kier molecular flexibility index (Phi) is 8.10. The number of rotatable bonds is 7. The minimum absolute atomic E-state index is 0.00719. The first-order valence-corrected chi connectivity index (χ1v) is 9.88. The normalized spacial score (nSPS) is 17.1. The van der Waals surface area contributed by atoms with Gasteiger partial charge in [0.05, 0.1) is 0 Å². The molecule has 0 spiro atoms. The molecule has 1 aromatic carbocycles. The van der Waals surface area contributed by atoms with E-state index in [1.165, 1.54) is 0 Å². The van der Waals surface area contributed by atoms with Crippen LogP contribution in [0.4, 0.5) is 16.2 Å². The summed E-state index contributed by atoms with van der Waals surface area (Å²) in [6.45, 7) is 7.37. The monoisotopic (exact) mass is 375 g/mol. The second-order valence-corrected chi connectivity index (χ2v) is 7.68. The standard InChI is InChI=1S/C21H33N3O3/c1-15(2)14-20(25)22-18-9-7-10-19(16(18)3)23-21(26)24-12-6-5-8-17(24)11-13-27-4/h7,9-10,15,17H,5-6,8,11-14H2,1-4H3,(H,22,25)(H,23,26). The molecule has 27 heavy (non-hydrogen) atoms. The third-order valence-corrected chi connectivity index (χ3v) is 4.99. The lowest BCUT2D eigenvalue weighted by atomic mass is 10.00. The van der Waals surface area contributed by atoms with Crippen molar-refractivity contribution in [2.75, 3.05) is 30.9 Å². The van der Waals surface area contributed by atoms with Crippen molar-refractivity contribution < 1.29 is 14.3 Å². The molecule has 1 heterocycles. The molecule has 1 aliphatic rings. The molecule has 1 unspecified atom stereocenters. The van der Waals surface area contributed by atoms with Crippen molar-refractivity contribution in [2.45, 2.75) is 58.9 Å². The van der Waals surface area contributed by atoms with Crippen LogP contribution in [0.3, 0.4) is 0 Å². The second kappa shape index (κ2) is 10.3. The zero-order chi connectivity index (χ0) is 19.8. The number of hydrogen-bond acceptors (Lipinski definition) is 3. The number of carbonyl (C=O) groups is 2. The van der Waals surface area contributed by atoms with Gasteiger partial charge < -0.3 is 20.3 Å². The van der Waals surface area contributed by atoms with E-state index < -0.39 is 0 Å². The summed E-state index contributed by atoms with van der Waals surface area (Å²) in [6, 6.07) is 5.73. The van der Waals surface area contributed by atoms with E-state index in [4.69, 9.17) is 4.74 Å². The number of urea groups is 1. The van der Waals surface area contributed by atoms with Crippen LogP contribution in [-0.2, 0) is 9.53 Å². The number of amides is 3. The number of nitrogens with zero attached hydrogens (tertiary/aromatic N) is 1. The van der Waals surface area contributed by atoms with E-state index in [0.29, 0.717) is 18.9 Å². The molecule has 2 rings (SSSR count). The van der Waals surface area contributed by atoms with Gasteiger partial charge in [0.2, 0.25) is 5.91 Å². The molecular formula is C21H33N3O3. The molecular weight excluding hydrogens is 342 g/mol. The summed E-state index contributed by atoms with van der Waals surface area (Å²) < 4.78 is 5.19. The SMILES string of the molecule is COCCC1CCCCN1C(=O)Nc1cccc(NC(=O)CC(C)C)c1C. The average Bonchev–Trinajstić information content (AvgIpc) is 2.62. The first-order valence-electron chi connectivity index (χ1n) is 9.88. The molecule has 3 amide bonds. The Morgan fingerprint density at radius 3 is 2.59 bits per heavy atom. The van der Waals surface area contributed by atoms with Crippen molar-refractivity contribution in [2.24, 2.45) is 5.92 Å². The summed E-state index contributed by atoms with van der Waals surface area (Å²) in [5.41, 5.74) is 2.35. The third-order valence-electron chi connectivity index (χ3n) is 4.99. The van der Waals surface area contributed by atoms with Gasteiger partial charge in [0.15, 0.2) is 0 Å². The topological polar surface area (TPSA) is 70.7 Å². The molecule has 1 aromatic rings. The first-order chi connectivity index (χ1) is 12.9. The Morgan fingerprint density at radius 2 is 1.93 bits per heavy atom. The number of anilines is 2. The van der Waals surface area contributed by atoms with Crippen LogP contribution in [0, 0.1) is 12.8 Å². The summed E-state index contributed by atoms with van der Waals surface area (Å²) in [6.07, 6.45) is 4.52. The van der Waals surface area contributed by atoms with Crippen LogP contribution in [-0.4, -0.2) is 43.1 Å². The van der Waals surface area contributed by atoms with Crippen LogP contribution in [0.1, 0.15) is 51.5 Å². The van der Waals surface area contributed by atoms with Crippen LogP contribution >= 0.6 is 0 Å². The number of piperidine rings is 1. The van der Waals surface area contributed by atoms with Gasteiger partial charge >= 0.3 is 6.03 Å². The van der Waals surface area contributed by atoms with Crippen molar-refractivity contribution >= 4 is 23.3 Å². The highest BCUT2D eigenvalue weighted by molar-refractivity contribution is 5.95. The van der Waals surface area contributed by atoms with Crippen molar-refractivity contribution in [1.82, 2.24) is 4.90 Å². The zero-order valence-corrected chi connectivity index (χ0v) is 17.0. The van der Waals surface area contributed by atoms with Crippen molar-refractivity contribution in [3.8, 4) is 0 Å². The predicted octanol–water partition coefficient (Wildman–Crippen LogP) is 4.40. The Labute approximate surface area is 162 Å². The van der Waals surface area contributed by atoms with Gasteiger partial charge in [-0.3, -0.25) is 4.79 Å². The van der Waals surface area contributed by atoms with E-state index >= 15 is 0 Å². The molecule has 6 heteroatoms. The fourth-order valence-electron chi connectivity index (χ4n) is 3.49. The summed E-state index contributed by atoms with van der Waals surface area (Å²) in [4.78, 5) is 26.9. The number of carbonyl (C=O) groups excluding carboxylic acids is 2. The summed E-state index contributed by atoms with van der Waals surface area (Å²) in [5, 5.41) is 5.99. The minimum Gasteiger partial charge on any atom is -0.385 e. The molecule has 6 nitrogen and oxygen atoms in total. The lowest BCUT2D eigenvalue weighted by molar-refractivity contribution is -0.116. The van der Waals surface area contributed by atoms with Crippen molar-refractivity contribution in [3.63, 3.8) is 0 Å². The molecule has 1 saturated heterocycles. The van der Waals surface area contributed by atoms with Gasteiger partial charge in [-0.2, -0.15) is 0 Å². The van der Waals surface area contributed by atoms with Gasteiger partial charge in [-0.05, 0) is 56.2 Å². The molecule has 1 atom stereocenters. The smallest absolute Gasteiger partial charge is 0.322 e. The zero-order valence-electron chi connectivity index (χ0n) is 17.0. The van der Waals surface area contributed by atoms with E-state index in [9.17, 15) is 9.59 Å². The molecule has 0 aliphatic carbocycles. The van der Waals surface area contributed by atoms with Gasteiger partial charge in [-0.1, -0.05) is 19.9 Å². The number of benzene rings is 1. The fourth-order valence-corrected chi connectivity index (χ4v) is 3.49. The van der Waals surface area contributed by atoms with Crippen LogP contribution in [0.25, 0.3) is 0 Å². The van der Waals surface area contributed by atoms with Gasteiger partial charge in [-0.25, -0.2) is 4.79 Å². The van der Waals surface area contributed by atoms with E-state index in [2.05, 4.69) is 10.6 Å². The van der Waals surface area contributed by atoms with Gasteiger partial charge in [0, 0.05) is 44.1 Å². The molecule has 2 N–H and O–H groups in total. The Balaban J connectivity index is 2.06. The van der Waals surface area contributed by atoms with E-state index in [1.54, 1.807) is 7.11 Å². The summed E-state index contributed by atoms with van der Waals surface area (Å²) in [5.74, 6) is 0.295. The van der Waals surface area contributed by atoms with Crippen LogP contribution < -0.4 is 10.6 Å². The highest BCUT2D eigenvalue weighted by Crippen LogP contribution is 2.26. The maximum atomic E-state index is 12.9. The van der Waals surface area contributed by atoms with Gasteiger partial charge in [0.25, 0.3) is 0 Å². The minimum atomic E-state index is -0.0791. The maximum Gasteiger partial charge on any atom is 0.322 e. The highest BCUT2D eigenvalue weighted by atomic mass is 16.5. The Bertz CT molecular complexity index is 646. The van der Waals surface area contributed by atoms with Crippen LogP contribution in [0.5, 0.6) is 0 Å². The maximum absolute atomic E-state index is 12.9. The van der Waals surface area contributed by atoms with Gasteiger partial charge in [0.1, 0.15) is 0 Å². The second-order valence-electron chi connectivity index (χ2n) is 7.68. The lowest BCUT2D eigenvalue weighted by Gasteiger charge is -2.35. The van der Waals surface area contributed by atoms with Crippen LogP contribution in [0.15, 0.2) is 18.2 Å². The quantitative estimate of drug-likeness (QED) is 0.742. The summed E-state index contributed by atoms with van der Waals surface area (Å²) >= 11 is 0. The van der Waals surface area contributed by atoms with Crippen LogP contribution in [0.2, 0.25) is 0 Å². The number of hydrogen-bond donors (Lipinski definition) is 2. The molecule has 0 saturated carbocycles. The van der Waals surface area contributed by atoms with E-state index in [1.807, 2.05) is 43.9 Å². The fraction of sp³-hybridized carbons (Fsp3) is 0.619. The number of methoxy groups -OCH3 is 1. The summed E-state index contributed by atoms with van der Waals surface area (Å²) in [7, 11) is 1.69. The first kappa shape index (κ1) is 21.2. The lowest BCUT2D eigenvalue weighted by Crippen LogP contribution is -2.46. The predicted molar refractivity (Wildman–Crippen MR) is 109 cm³/mol. The molecule has 1 fully saturated rings. The Hall–Kier alpha value is -2.08. The molecule has 1 aliphatic heterocycles. The average molecular weight is 376 g/mol. The van der Waals surface area contributed by atoms with Gasteiger partial charge in [-0.15, -0.1) is 0 Å². The molecule has 0 aromatic heterocycles. The Morgan fingerprint density at radius 1 is 1.22 bits per heavy atom. The van der Waals surface area contributed by atoms with Crippen molar-refractivity contribution in [1.29, 1.82) is 0 Å². The third kappa shape index (κ3) is 6.24. The molecule has 150 valence electrons. The number of nitrogens with one attached hydrogen (secondary N) is 2. The number of ether oxygens (including phenoxy) is 1.